The molecule has 3 heterocycles. The molecule has 0 saturated heterocycles. The monoisotopic (exact) mass is 396 g/mol. The van der Waals surface area contributed by atoms with Crippen molar-refractivity contribution in [2.75, 3.05) is 7.11 Å². The number of halogens is 1. The van der Waals surface area contributed by atoms with Crippen LogP contribution in [0.25, 0.3) is 22.3 Å². The van der Waals surface area contributed by atoms with Crippen LogP contribution < -0.4 is 4.74 Å². The van der Waals surface area contributed by atoms with Gasteiger partial charge in [0.05, 0.1) is 12.6 Å². The van der Waals surface area contributed by atoms with E-state index in [2.05, 4.69) is 15.1 Å². The zero-order valence-electron chi connectivity index (χ0n) is 14.1. The van der Waals surface area contributed by atoms with E-state index in [9.17, 15) is 5.11 Å². The van der Waals surface area contributed by atoms with Crippen LogP contribution in [-0.2, 0) is 0 Å². The Kier molecular flexibility index (Phi) is 3.82. The Morgan fingerprint density at radius 3 is 2.70 bits per heavy atom. The molecule has 1 N–H and O–H groups in total. The summed E-state index contributed by atoms with van der Waals surface area (Å²) in [5, 5.41) is 18.2. The van der Waals surface area contributed by atoms with E-state index < -0.39 is 6.23 Å². The summed E-state index contributed by atoms with van der Waals surface area (Å²) in [5.41, 5.74) is 2.36. The van der Waals surface area contributed by atoms with E-state index in [1.165, 1.54) is 16.4 Å². The lowest BCUT2D eigenvalue weighted by atomic mass is 10.1. The average Bonchev–Trinajstić information content (AvgIpc) is 3.11. The minimum Gasteiger partial charge on any atom is -0.497 e. The maximum atomic E-state index is 10.9. The van der Waals surface area contributed by atoms with Crippen LogP contribution in [0.3, 0.4) is 0 Å². The predicted molar refractivity (Wildman–Crippen MR) is 103 cm³/mol. The summed E-state index contributed by atoms with van der Waals surface area (Å²) >= 11 is 7.34. The molecule has 1 aliphatic rings. The Hall–Kier alpha value is -2.61. The third kappa shape index (κ3) is 2.75. The second-order valence-corrected chi connectivity index (χ2v) is 7.48. The number of aliphatic hydroxyl groups is 1. The lowest BCUT2D eigenvalue weighted by Gasteiger charge is -2.21. The molecule has 5 rings (SSSR count). The largest absolute Gasteiger partial charge is 0.497 e. The number of hydrogen-bond donors (Lipinski definition) is 1. The highest BCUT2D eigenvalue weighted by atomic mass is 35.5. The van der Waals surface area contributed by atoms with E-state index >= 15 is 0 Å². The quantitative estimate of drug-likeness (QED) is 0.548. The molecule has 1 unspecified atom stereocenters. The normalized spacial score (nSPS) is 15.4. The van der Waals surface area contributed by atoms with Crippen LogP contribution in [0.4, 0.5) is 0 Å². The van der Waals surface area contributed by atoms with Gasteiger partial charge in [-0.3, -0.25) is 0 Å². The molecule has 0 aliphatic carbocycles. The Morgan fingerprint density at radius 2 is 1.93 bits per heavy atom. The van der Waals surface area contributed by atoms with Crippen LogP contribution in [0.1, 0.15) is 11.8 Å². The molecule has 27 heavy (non-hydrogen) atoms. The molecule has 8 heteroatoms. The van der Waals surface area contributed by atoms with E-state index in [4.69, 9.17) is 16.3 Å². The molecular formula is C19H13ClN4O2S. The van der Waals surface area contributed by atoms with Gasteiger partial charge in [-0.05, 0) is 60.3 Å². The van der Waals surface area contributed by atoms with E-state index in [-0.39, 0.29) is 0 Å². The van der Waals surface area contributed by atoms with Crippen molar-refractivity contribution in [3.63, 3.8) is 0 Å². The van der Waals surface area contributed by atoms with Gasteiger partial charge < -0.3 is 9.84 Å². The van der Waals surface area contributed by atoms with Gasteiger partial charge in [0.15, 0.2) is 17.2 Å². The first-order chi connectivity index (χ1) is 13.1. The Bertz CT molecular complexity index is 1180. The smallest absolute Gasteiger partial charge is 0.195 e. The molecule has 1 aliphatic heterocycles. The van der Waals surface area contributed by atoms with Crippen LogP contribution in [0.5, 0.6) is 5.75 Å². The number of benzene rings is 2. The zero-order valence-corrected chi connectivity index (χ0v) is 15.7. The van der Waals surface area contributed by atoms with Crippen molar-refractivity contribution < 1.29 is 9.84 Å². The van der Waals surface area contributed by atoms with Crippen molar-refractivity contribution in [3.05, 3.63) is 59.1 Å². The molecule has 0 amide bonds. The molecule has 0 saturated carbocycles. The number of aliphatic hydroxyl groups excluding tert-OH is 1. The predicted octanol–water partition coefficient (Wildman–Crippen LogP) is 4.16. The molecule has 4 aromatic rings. The van der Waals surface area contributed by atoms with Gasteiger partial charge in [-0.1, -0.05) is 11.6 Å². The minimum atomic E-state index is -0.951. The van der Waals surface area contributed by atoms with Gasteiger partial charge in [0.1, 0.15) is 10.8 Å². The Morgan fingerprint density at radius 1 is 1.11 bits per heavy atom. The second kappa shape index (κ2) is 6.23. The SMILES string of the molecule is COc1ccc2nc3c(cc2c1)C(O)n1nc(-c2ccc(Cl)cc2)nc1S3. The Labute approximate surface area is 163 Å². The highest BCUT2D eigenvalue weighted by Crippen LogP contribution is 2.40. The zero-order chi connectivity index (χ0) is 18.5. The van der Waals surface area contributed by atoms with E-state index in [0.717, 1.165) is 27.2 Å². The highest BCUT2D eigenvalue weighted by molar-refractivity contribution is 7.99. The number of nitrogens with zero attached hydrogens (tertiary/aromatic N) is 4. The average molecular weight is 397 g/mol. The summed E-state index contributed by atoms with van der Waals surface area (Å²) in [6.45, 7) is 0. The molecule has 0 fully saturated rings. The fourth-order valence-electron chi connectivity index (χ4n) is 3.02. The molecule has 2 aromatic heterocycles. The van der Waals surface area contributed by atoms with Crippen molar-refractivity contribution >= 4 is 34.3 Å². The molecule has 0 radical (unpaired) electrons. The summed E-state index contributed by atoms with van der Waals surface area (Å²) in [6, 6.07) is 14.9. The van der Waals surface area contributed by atoms with Crippen LogP contribution in [0.15, 0.2) is 58.7 Å². The summed E-state index contributed by atoms with van der Waals surface area (Å²) in [7, 11) is 1.62. The molecule has 6 nitrogen and oxygen atoms in total. The Balaban J connectivity index is 1.60. The number of methoxy groups -OCH3 is 1. The van der Waals surface area contributed by atoms with E-state index in [1.54, 1.807) is 19.2 Å². The van der Waals surface area contributed by atoms with Crippen molar-refractivity contribution in [2.45, 2.75) is 16.4 Å². The van der Waals surface area contributed by atoms with Crippen LogP contribution in [0.2, 0.25) is 5.02 Å². The van der Waals surface area contributed by atoms with E-state index in [0.29, 0.717) is 21.6 Å². The molecular weight excluding hydrogens is 384 g/mol. The van der Waals surface area contributed by atoms with Crippen LogP contribution >= 0.6 is 23.4 Å². The van der Waals surface area contributed by atoms with Crippen LogP contribution in [-0.4, -0.2) is 32.0 Å². The third-order valence-electron chi connectivity index (χ3n) is 4.41. The first kappa shape index (κ1) is 16.6. The standard InChI is InChI=1S/C19H13ClN4O2S/c1-26-13-6-7-15-11(8-13)9-14-17(21-15)27-19-22-16(23-24(19)18(14)25)10-2-4-12(20)5-3-10/h2-9,18,25H,1H3. The fourth-order valence-corrected chi connectivity index (χ4v) is 4.12. The number of hydrogen-bond acceptors (Lipinski definition) is 6. The second-order valence-electron chi connectivity index (χ2n) is 6.09. The van der Waals surface area contributed by atoms with Crippen molar-refractivity contribution in [2.24, 2.45) is 0 Å². The topological polar surface area (TPSA) is 73.1 Å². The maximum absolute atomic E-state index is 10.9. The molecule has 0 spiro atoms. The number of fused-ring (bicyclic) bond motifs is 3. The fraction of sp³-hybridized carbons (Fsp3) is 0.105. The van der Waals surface area contributed by atoms with Crippen molar-refractivity contribution in [1.82, 2.24) is 19.7 Å². The minimum absolute atomic E-state index is 0.534. The highest BCUT2D eigenvalue weighted by Gasteiger charge is 2.29. The van der Waals surface area contributed by atoms with Gasteiger partial charge in [0.2, 0.25) is 0 Å². The van der Waals surface area contributed by atoms with Crippen molar-refractivity contribution in [1.29, 1.82) is 0 Å². The van der Waals surface area contributed by atoms with Gasteiger partial charge in [-0.15, -0.1) is 5.10 Å². The number of pyridine rings is 1. The summed E-state index contributed by atoms with van der Waals surface area (Å²) in [5.74, 6) is 1.28. The third-order valence-corrected chi connectivity index (χ3v) is 5.65. The molecule has 134 valence electrons. The first-order valence-electron chi connectivity index (χ1n) is 8.19. The van der Waals surface area contributed by atoms with Gasteiger partial charge in [-0.25, -0.2) is 14.6 Å². The van der Waals surface area contributed by atoms with Crippen molar-refractivity contribution in [3.8, 4) is 17.1 Å². The summed E-state index contributed by atoms with van der Waals surface area (Å²) in [4.78, 5) is 9.24. The molecule has 0 bridgehead atoms. The van der Waals surface area contributed by atoms with Crippen LogP contribution in [0, 0.1) is 0 Å². The summed E-state index contributed by atoms with van der Waals surface area (Å²) < 4.78 is 6.80. The lowest BCUT2D eigenvalue weighted by molar-refractivity contribution is 0.116. The number of rotatable bonds is 2. The first-order valence-corrected chi connectivity index (χ1v) is 9.39. The number of aromatic nitrogens is 4. The maximum Gasteiger partial charge on any atom is 0.195 e. The number of ether oxygens (including phenoxy) is 1. The van der Waals surface area contributed by atoms with Gasteiger partial charge >= 0.3 is 0 Å². The molecule has 1 atom stereocenters. The van der Waals surface area contributed by atoms with Gasteiger partial charge in [0.25, 0.3) is 0 Å². The molecule has 2 aromatic carbocycles. The van der Waals surface area contributed by atoms with Gasteiger partial charge in [0, 0.05) is 21.5 Å². The van der Waals surface area contributed by atoms with Gasteiger partial charge in [-0.2, -0.15) is 0 Å². The summed E-state index contributed by atoms with van der Waals surface area (Å²) in [6.07, 6.45) is -0.951. The lowest BCUT2D eigenvalue weighted by Crippen LogP contribution is -2.18. The van der Waals surface area contributed by atoms with E-state index in [1.807, 2.05) is 36.4 Å².